The van der Waals surface area contributed by atoms with Crippen molar-refractivity contribution in [1.29, 1.82) is 5.26 Å². The van der Waals surface area contributed by atoms with Gasteiger partial charge < -0.3 is 14.4 Å². The topological polar surface area (TPSA) is 62.6 Å². The van der Waals surface area contributed by atoms with Gasteiger partial charge in [-0.15, -0.1) is 6.58 Å². The van der Waals surface area contributed by atoms with Gasteiger partial charge in [0, 0.05) is 18.7 Å². The van der Waals surface area contributed by atoms with Crippen LogP contribution in [0.2, 0.25) is 5.02 Å². The molecule has 6 heteroatoms. The van der Waals surface area contributed by atoms with E-state index in [1.165, 1.54) is 7.11 Å². The maximum absolute atomic E-state index is 13.1. The van der Waals surface area contributed by atoms with Crippen LogP contribution in [0.4, 0.5) is 0 Å². The number of methoxy groups -OCH3 is 1. The molecule has 0 spiro atoms. The molecule has 0 aromatic heterocycles. The number of halogens is 1. The van der Waals surface area contributed by atoms with Crippen molar-refractivity contribution in [2.45, 2.75) is 20.4 Å². The minimum atomic E-state index is -0.204. The Morgan fingerprint density at radius 2 is 2.00 bits per heavy atom. The lowest BCUT2D eigenvalue weighted by Crippen LogP contribution is -2.30. The van der Waals surface area contributed by atoms with Crippen LogP contribution in [-0.2, 0) is 6.54 Å². The van der Waals surface area contributed by atoms with E-state index in [0.717, 1.165) is 5.56 Å². The molecule has 5 nitrogen and oxygen atoms in total. The summed E-state index contributed by atoms with van der Waals surface area (Å²) in [6.07, 6.45) is 1.67. The fourth-order valence-electron chi connectivity index (χ4n) is 2.70. The standard InChI is InChI=1S/C23H25ClN2O3/c1-5-10-26(14-18-8-6-17(13-25)7-9-18)23(27)19-11-20(24)22(21(12-19)28-4)29-15-16(2)3/h5-9,11-12,16H,1,10,14-15H2,2-4H3. The van der Waals surface area contributed by atoms with E-state index in [1.807, 2.05) is 26.0 Å². The minimum Gasteiger partial charge on any atom is -0.493 e. The monoisotopic (exact) mass is 412 g/mol. The summed E-state index contributed by atoms with van der Waals surface area (Å²) in [5, 5.41) is 9.26. The fourth-order valence-corrected chi connectivity index (χ4v) is 2.96. The number of nitriles is 1. The van der Waals surface area contributed by atoms with E-state index in [-0.39, 0.29) is 5.91 Å². The molecule has 0 saturated heterocycles. The Kier molecular flexibility index (Phi) is 8.11. The Balaban J connectivity index is 2.29. The molecule has 0 radical (unpaired) electrons. The first-order valence-electron chi connectivity index (χ1n) is 9.29. The minimum absolute atomic E-state index is 0.204. The number of hydrogen-bond donors (Lipinski definition) is 0. The van der Waals surface area contributed by atoms with Crippen molar-refractivity contribution in [2.24, 2.45) is 5.92 Å². The smallest absolute Gasteiger partial charge is 0.254 e. The molecule has 1 amide bonds. The highest BCUT2D eigenvalue weighted by molar-refractivity contribution is 6.32. The number of hydrogen-bond acceptors (Lipinski definition) is 4. The van der Waals surface area contributed by atoms with Gasteiger partial charge in [-0.1, -0.05) is 43.7 Å². The molecule has 0 N–H and O–H groups in total. The van der Waals surface area contributed by atoms with Crippen molar-refractivity contribution in [3.8, 4) is 17.6 Å². The molecule has 0 aliphatic heterocycles. The zero-order valence-electron chi connectivity index (χ0n) is 16.9. The number of ether oxygens (including phenoxy) is 2. The number of carbonyl (C=O) groups excluding carboxylic acids is 1. The molecular weight excluding hydrogens is 388 g/mol. The molecule has 29 heavy (non-hydrogen) atoms. The second-order valence-electron chi connectivity index (χ2n) is 6.98. The van der Waals surface area contributed by atoms with Crippen LogP contribution < -0.4 is 9.47 Å². The Morgan fingerprint density at radius 3 is 2.55 bits per heavy atom. The van der Waals surface area contributed by atoms with Crippen LogP contribution >= 0.6 is 11.6 Å². The summed E-state index contributed by atoms with van der Waals surface area (Å²) >= 11 is 6.39. The van der Waals surface area contributed by atoms with Crippen molar-refractivity contribution in [3.63, 3.8) is 0 Å². The maximum atomic E-state index is 13.1. The predicted octanol–water partition coefficient (Wildman–Crippen LogP) is 5.08. The van der Waals surface area contributed by atoms with Crippen LogP contribution in [0.1, 0.15) is 35.3 Å². The first kappa shape index (κ1) is 22.3. The lowest BCUT2D eigenvalue weighted by atomic mass is 10.1. The highest BCUT2D eigenvalue weighted by Gasteiger charge is 2.20. The quantitative estimate of drug-likeness (QED) is 0.538. The Morgan fingerprint density at radius 1 is 1.31 bits per heavy atom. The van der Waals surface area contributed by atoms with Gasteiger partial charge in [-0.3, -0.25) is 4.79 Å². The molecule has 0 atom stereocenters. The molecule has 0 fully saturated rings. The van der Waals surface area contributed by atoms with Gasteiger partial charge in [0.05, 0.1) is 30.4 Å². The zero-order valence-corrected chi connectivity index (χ0v) is 17.7. The molecule has 2 aromatic carbocycles. The van der Waals surface area contributed by atoms with Crippen molar-refractivity contribution in [1.82, 2.24) is 4.90 Å². The van der Waals surface area contributed by atoms with E-state index in [1.54, 1.807) is 35.2 Å². The first-order valence-corrected chi connectivity index (χ1v) is 9.66. The van der Waals surface area contributed by atoms with Gasteiger partial charge in [-0.25, -0.2) is 0 Å². The van der Waals surface area contributed by atoms with Gasteiger partial charge in [0.15, 0.2) is 11.5 Å². The number of carbonyl (C=O) groups is 1. The second kappa shape index (κ2) is 10.5. The van der Waals surface area contributed by atoms with Crippen LogP contribution in [0.25, 0.3) is 0 Å². The van der Waals surface area contributed by atoms with Crippen molar-refractivity contribution in [3.05, 3.63) is 70.8 Å². The zero-order chi connectivity index (χ0) is 21.4. The number of nitrogens with zero attached hydrogens (tertiary/aromatic N) is 2. The second-order valence-corrected chi connectivity index (χ2v) is 7.38. The lowest BCUT2D eigenvalue weighted by Gasteiger charge is -2.22. The summed E-state index contributed by atoms with van der Waals surface area (Å²) in [5.41, 5.74) is 1.89. The summed E-state index contributed by atoms with van der Waals surface area (Å²) < 4.78 is 11.2. The summed E-state index contributed by atoms with van der Waals surface area (Å²) in [6, 6.07) is 12.4. The number of benzene rings is 2. The van der Waals surface area contributed by atoms with Gasteiger partial charge in [0.2, 0.25) is 0 Å². The molecule has 0 heterocycles. The van der Waals surface area contributed by atoms with Crippen LogP contribution in [0, 0.1) is 17.2 Å². The van der Waals surface area contributed by atoms with E-state index in [2.05, 4.69) is 12.6 Å². The van der Waals surface area contributed by atoms with Gasteiger partial charge in [0.25, 0.3) is 5.91 Å². The molecule has 152 valence electrons. The predicted molar refractivity (Wildman–Crippen MR) is 114 cm³/mol. The SMILES string of the molecule is C=CCN(Cc1ccc(C#N)cc1)C(=O)c1cc(Cl)c(OCC(C)C)c(OC)c1. The fraction of sp³-hybridized carbons (Fsp3) is 0.304. The molecular formula is C23H25ClN2O3. The van der Waals surface area contributed by atoms with Crippen LogP contribution in [0.15, 0.2) is 49.1 Å². The van der Waals surface area contributed by atoms with Gasteiger partial charge in [0.1, 0.15) is 0 Å². The van der Waals surface area contributed by atoms with E-state index >= 15 is 0 Å². The van der Waals surface area contributed by atoms with Crippen molar-refractivity contribution in [2.75, 3.05) is 20.3 Å². The third-order valence-electron chi connectivity index (χ3n) is 4.13. The van der Waals surface area contributed by atoms with E-state index in [9.17, 15) is 4.79 Å². The third-order valence-corrected chi connectivity index (χ3v) is 4.41. The van der Waals surface area contributed by atoms with Crippen LogP contribution in [0.3, 0.4) is 0 Å². The van der Waals surface area contributed by atoms with Gasteiger partial charge in [-0.2, -0.15) is 5.26 Å². The van der Waals surface area contributed by atoms with Crippen molar-refractivity contribution >= 4 is 17.5 Å². The number of rotatable bonds is 9. The van der Waals surface area contributed by atoms with Crippen LogP contribution in [-0.4, -0.2) is 31.1 Å². The summed E-state index contributed by atoms with van der Waals surface area (Å²) in [7, 11) is 1.51. The van der Waals surface area contributed by atoms with Crippen LogP contribution in [0.5, 0.6) is 11.5 Å². The van der Waals surface area contributed by atoms with E-state index in [0.29, 0.717) is 53.3 Å². The van der Waals surface area contributed by atoms with E-state index in [4.69, 9.17) is 26.3 Å². The van der Waals surface area contributed by atoms with Gasteiger partial charge >= 0.3 is 0 Å². The highest BCUT2D eigenvalue weighted by atomic mass is 35.5. The average Bonchev–Trinajstić information content (AvgIpc) is 2.71. The normalized spacial score (nSPS) is 10.3. The molecule has 0 bridgehead atoms. The highest BCUT2D eigenvalue weighted by Crippen LogP contribution is 2.37. The molecule has 0 unspecified atom stereocenters. The Labute approximate surface area is 177 Å². The third kappa shape index (κ3) is 6.00. The summed E-state index contributed by atoms with van der Waals surface area (Å²) in [6.45, 7) is 9.05. The summed E-state index contributed by atoms with van der Waals surface area (Å²) in [5.74, 6) is 0.970. The van der Waals surface area contributed by atoms with Gasteiger partial charge in [-0.05, 0) is 35.7 Å². The van der Waals surface area contributed by atoms with Crippen molar-refractivity contribution < 1.29 is 14.3 Å². The average molecular weight is 413 g/mol. The molecule has 2 rings (SSSR count). The van der Waals surface area contributed by atoms with E-state index < -0.39 is 0 Å². The lowest BCUT2D eigenvalue weighted by molar-refractivity contribution is 0.0762. The molecule has 0 aliphatic rings. The largest absolute Gasteiger partial charge is 0.493 e. The molecule has 0 aliphatic carbocycles. The first-order chi connectivity index (χ1) is 13.9. The molecule has 0 saturated carbocycles. The maximum Gasteiger partial charge on any atom is 0.254 e. The Bertz CT molecular complexity index is 902. The summed E-state index contributed by atoms with van der Waals surface area (Å²) in [4.78, 5) is 14.8. The molecule has 2 aromatic rings. The number of amides is 1. The Hall–Kier alpha value is -2.97.